The Morgan fingerprint density at radius 2 is 1.92 bits per heavy atom. The number of amides is 2. The highest BCUT2D eigenvalue weighted by Crippen LogP contribution is 2.40. The van der Waals surface area contributed by atoms with Crippen molar-refractivity contribution in [1.82, 2.24) is 10.2 Å². The van der Waals surface area contributed by atoms with Gasteiger partial charge in [-0.25, -0.2) is 4.79 Å². The van der Waals surface area contributed by atoms with Crippen molar-refractivity contribution in [3.8, 4) is 11.5 Å². The Morgan fingerprint density at radius 3 is 2.67 bits per heavy atom. The van der Waals surface area contributed by atoms with Gasteiger partial charge in [0.05, 0.1) is 37.7 Å². The van der Waals surface area contributed by atoms with E-state index in [9.17, 15) is 14.4 Å². The number of ether oxygens (including phenoxy) is 3. The molecule has 0 radical (unpaired) electrons. The van der Waals surface area contributed by atoms with Crippen LogP contribution in [0.4, 0.5) is 10.1 Å². The van der Waals surface area contributed by atoms with Crippen LogP contribution in [0.2, 0.25) is 0 Å². The number of thioether (sulfide) groups is 1. The normalized spacial score (nSPS) is 12.1. The molecule has 10 nitrogen and oxygen atoms in total. The van der Waals surface area contributed by atoms with E-state index in [2.05, 4.69) is 20.8 Å². The van der Waals surface area contributed by atoms with E-state index in [0.717, 1.165) is 41.0 Å². The molecule has 36 heavy (non-hydrogen) atoms. The van der Waals surface area contributed by atoms with Gasteiger partial charge >= 0.3 is 5.97 Å². The number of fused-ring (bicyclic) bond motifs is 1. The number of nitrogens with one attached hydrogen (secondary N) is 2. The van der Waals surface area contributed by atoms with Crippen LogP contribution in [0.5, 0.6) is 11.5 Å². The number of esters is 1. The summed E-state index contributed by atoms with van der Waals surface area (Å²) in [6, 6.07) is 4.99. The van der Waals surface area contributed by atoms with Crippen LogP contribution >= 0.6 is 34.4 Å². The standard InChI is InChI=1S/C23H24N4O6S3/c1-4-33-21(30)17-12-7-6-10-15(12)35-20(17)24-16(28)11-34-23-27-26-22(36-23)25-19(29)13-8-5-9-14(31-2)18(13)32-3/h5,8-9H,4,6-7,10-11H2,1-3H3,(H,24,28)(H,25,26,29). The number of hydrogen-bond donors (Lipinski definition) is 2. The minimum absolute atomic E-state index is 0.0666. The van der Waals surface area contributed by atoms with Gasteiger partial charge in [0.1, 0.15) is 5.00 Å². The molecule has 1 aliphatic rings. The Kier molecular flexibility index (Phi) is 8.44. The minimum Gasteiger partial charge on any atom is -0.493 e. The second-order valence-electron chi connectivity index (χ2n) is 7.49. The van der Waals surface area contributed by atoms with Gasteiger partial charge in [0, 0.05) is 4.88 Å². The van der Waals surface area contributed by atoms with Gasteiger partial charge in [-0.3, -0.25) is 14.9 Å². The lowest BCUT2D eigenvalue weighted by Gasteiger charge is -2.11. The molecule has 0 fully saturated rings. The molecule has 2 amide bonds. The second kappa shape index (κ2) is 11.7. The first kappa shape index (κ1) is 25.9. The topological polar surface area (TPSA) is 129 Å². The van der Waals surface area contributed by atoms with Gasteiger partial charge in [-0.05, 0) is 43.9 Å². The Labute approximate surface area is 219 Å². The Bertz CT molecular complexity index is 1290. The molecule has 0 unspecified atom stereocenters. The molecule has 190 valence electrons. The van der Waals surface area contributed by atoms with Gasteiger partial charge in [0.2, 0.25) is 11.0 Å². The van der Waals surface area contributed by atoms with Crippen molar-refractivity contribution < 1.29 is 28.6 Å². The molecule has 2 aromatic heterocycles. The molecule has 1 aromatic carbocycles. The summed E-state index contributed by atoms with van der Waals surface area (Å²) in [7, 11) is 2.95. The van der Waals surface area contributed by atoms with Crippen molar-refractivity contribution in [2.45, 2.75) is 30.5 Å². The van der Waals surface area contributed by atoms with Gasteiger partial charge < -0.3 is 19.5 Å². The summed E-state index contributed by atoms with van der Waals surface area (Å²) in [5.41, 5.74) is 1.75. The van der Waals surface area contributed by atoms with Gasteiger partial charge in [-0.1, -0.05) is 29.2 Å². The van der Waals surface area contributed by atoms with Crippen molar-refractivity contribution in [1.29, 1.82) is 0 Å². The quantitative estimate of drug-likeness (QED) is 0.217. The fourth-order valence-corrected chi connectivity index (χ4v) is 6.59. The van der Waals surface area contributed by atoms with Crippen LogP contribution in [0.1, 0.15) is 44.5 Å². The number of hydrogen-bond acceptors (Lipinski definition) is 11. The second-order valence-corrected chi connectivity index (χ2v) is 10.8. The maximum Gasteiger partial charge on any atom is 0.341 e. The molecule has 0 saturated heterocycles. The Morgan fingerprint density at radius 1 is 1.08 bits per heavy atom. The van der Waals surface area contributed by atoms with Crippen LogP contribution in [-0.4, -0.2) is 54.6 Å². The van der Waals surface area contributed by atoms with Crippen LogP contribution in [0, 0.1) is 0 Å². The summed E-state index contributed by atoms with van der Waals surface area (Å²) >= 11 is 3.77. The number of para-hydroxylation sites is 1. The lowest BCUT2D eigenvalue weighted by molar-refractivity contribution is -0.113. The van der Waals surface area contributed by atoms with E-state index in [1.165, 1.54) is 37.3 Å². The SMILES string of the molecule is CCOC(=O)c1c(NC(=O)CSc2nnc(NC(=O)c3cccc(OC)c3OC)s2)sc2c1CCC2. The fraction of sp³-hybridized carbons (Fsp3) is 0.348. The van der Waals surface area contributed by atoms with E-state index in [4.69, 9.17) is 14.2 Å². The third-order valence-electron chi connectivity index (χ3n) is 5.26. The van der Waals surface area contributed by atoms with Crippen molar-refractivity contribution in [2.24, 2.45) is 0 Å². The van der Waals surface area contributed by atoms with E-state index in [1.807, 2.05) is 0 Å². The maximum atomic E-state index is 12.7. The summed E-state index contributed by atoms with van der Waals surface area (Å²) in [6.07, 6.45) is 2.71. The molecular formula is C23H24N4O6S3. The molecular weight excluding hydrogens is 524 g/mol. The monoisotopic (exact) mass is 548 g/mol. The maximum absolute atomic E-state index is 12.7. The molecule has 0 saturated carbocycles. The highest BCUT2D eigenvalue weighted by atomic mass is 32.2. The first-order chi connectivity index (χ1) is 17.4. The van der Waals surface area contributed by atoms with Crippen LogP contribution in [0.15, 0.2) is 22.5 Å². The summed E-state index contributed by atoms with van der Waals surface area (Å²) < 4.78 is 16.3. The zero-order chi connectivity index (χ0) is 25.7. The Hall–Kier alpha value is -3.16. The first-order valence-corrected chi connectivity index (χ1v) is 13.7. The molecule has 2 heterocycles. The van der Waals surface area contributed by atoms with E-state index in [0.29, 0.717) is 32.0 Å². The zero-order valence-electron chi connectivity index (χ0n) is 19.8. The fourth-order valence-electron chi connectivity index (χ4n) is 3.75. The number of carbonyl (C=O) groups excluding carboxylic acids is 3. The van der Waals surface area contributed by atoms with E-state index < -0.39 is 11.9 Å². The van der Waals surface area contributed by atoms with Gasteiger partial charge in [-0.15, -0.1) is 21.5 Å². The van der Waals surface area contributed by atoms with Crippen molar-refractivity contribution in [3.63, 3.8) is 0 Å². The summed E-state index contributed by atoms with van der Waals surface area (Å²) in [5, 5.41) is 14.4. The lowest BCUT2D eigenvalue weighted by Crippen LogP contribution is -2.16. The highest BCUT2D eigenvalue weighted by molar-refractivity contribution is 8.01. The van der Waals surface area contributed by atoms with E-state index in [1.54, 1.807) is 25.1 Å². The number of methoxy groups -OCH3 is 2. The predicted octanol–water partition coefficient (Wildman–Crippen LogP) is 4.27. The largest absolute Gasteiger partial charge is 0.493 e. The van der Waals surface area contributed by atoms with Crippen LogP contribution in [-0.2, 0) is 22.4 Å². The van der Waals surface area contributed by atoms with Crippen LogP contribution < -0.4 is 20.1 Å². The first-order valence-electron chi connectivity index (χ1n) is 11.0. The number of carbonyl (C=O) groups is 3. The van der Waals surface area contributed by atoms with Crippen LogP contribution in [0.3, 0.4) is 0 Å². The zero-order valence-corrected chi connectivity index (χ0v) is 22.3. The van der Waals surface area contributed by atoms with E-state index in [-0.39, 0.29) is 23.4 Å². The number of anilines is 2. The van der Waals surface area contributed by atoms with E-state index >= 15 is 0 Å². The number of aryl methyl sites for hydroxylation is 1. The molecule has 3 aromatic rings. The molecule has 0 atom stereocenters. The van der Waals surface area contributed by atoms with Crippen molar-refractivity contribution in [3.05, 3.63) is 39.8 Å². The summed E-state index contributed by atoms with van der Waals surface area (Å²) in [4.78, 5) is 38.9. The molecule has 2 N–H and O–H groups in total. The summed E-state index contributed by atoms with van der Waals surface area (Å²) in [6.45, 7) is 2.03. The lowest BCUT2D eigenvalue weighted by atomic mass is 10.1. The number of nitrogens with zero attached hydrogens (tertiary/aromatic N) is 2. The number of thiophene rings is 1. The van der Waals surface area contributed by atoms with Crippen molar-refractivity contribution >= 4 is 62.4 Å². The molecule has 13 heteroatoms. The number of rotatable bonds is 10. The third kappa shape index (κ3) is 5.63. The Balaban J connectivity index is 1.36. The van der Waals surface area contributed by atoms with Gasteiger partial charge in [-0.2, -0.15) is 0 Å². The molecule has 0 bridgehead atoms. The average Bonchev–Trinajstić information content (AvgIpc) is 3.58. The highest BCUT2D eigenvalue weighted by Gasteiger charge is 2.28. The smallest absolute Gasteiger partial charge is 0.341 e. The van der Waals surface area contributed by atoms with Crippen LogP contribution in [0.25, 0.3) is 0 Å². The predicted molar refractivity (Wildman–Crippen MR) is 139 cm³/mol. The van der Waals surface area contributed by atoms with Crippen molar-refractivity contribution in [2.75, 3.05) is 37.2 Å². The molecule has 0 spiro atoms. The third-order valence-corrected chi connectivity index (χ3v) is 8.43. The van der Waals surface area contributed by atoms with Gasteiger partial charge in [0.15, 0.2) is 15.8 Å². The summed E-state index contributed by atoms with van der Waals surface area (Å²) in [5.74, 6) is -0.281. The number of benzene rings is 1. The minimum atomic E-state index is -0.423. The van der Waals surface area contributed by atoms with Gasteiger partial charge in [0.25, 0.3) is 5.91 Å². The average molecular weight is 549 g/mol. The number of aromatic nitrogens is 2. The molecule has 0 aliphatic heterocycles. The molecule has 1 aliphatic carbocycles. The molecule has 4 rings (SSSR count).